The molecule has 0 radical (unpaired) electrons. The SMILES string of the molecule is O=C(Nc1cc(-c2ccccc2)on1)Nc1ncc(Br)cn1. The summed E-state index contributed by atoms with van der Waals surface area (Å²) in [6.45, 7) is 0. The Bertz CT molecular complexity index is 773. The van der Waals surface area contributed by atoms with E-state index >= 15 is 0 Å². The predicted molar refractivity (Wildman–Crippen MR) is 84.3 cm³/mol. The molecule has 110 valence electrons. The maximum absolute atomic E-state index is 11.8. The lowest BCUT2D eigenvalue weighted by atomic mass is 10.2. The summed E-state index contributed by atoms with van der Waals surface area (Å²) in [5.74, 6) is 1.05. The second-order valence-corrected chi connectivity index (χ2v) is 5.16. The number of carbonyl (C=O) groups is 1. The average molecular weight is 360 g/mol. The molecule has 0 aliphatic heterocycles. The number of nitrogens with one attached hydrogen (secondary N) is 2. The third-order valence-electron chi connectivity index (χ3n) is 2.66. The van der Waals surface area contributed by atoms with Gasteiger partial charge in [0.05, 0.1) is 4.47 Å². The van der Waals surface area contributed by atoms with Crippen molar-refractivity contribution in [3.63, 3.8) is 0 Å². The summed E-state index contributed by atoms with van der Waals surface area (Å²) in [5, 5.41) is 8.83. The van der Waals surface area contributed by atoms with Crippen molar-refractivity contribution in [2.24, 2.45) is 0 Å². The number of hydrogen-bond acceptors (Lipinski definition) is 5. The summed E-state index contributed by atoms with van der Waals surface area (Å²) in [5.41, 5.74) is 0.875. The fourth-order valence-electron chi connectivity index (χ4n) is 1.70. The Hall–Kier alpha value is -2.74. The van der Waals surface area contributed by atoms with E-state index in [0.29, 0.717) is 11.6 Å². The molecule has 0 saturated carbocycles. The van der Waals surface area contributed by atoms with Crippen LogP contribution in [0.5, 0.6) is 0 Å². The topological polar surface area (TPSA) is 92.9 Å². The van der Waals surface area contributed by atoms with Crippen molar-refractivity contribution >= 4 is 33.7 Å². The molecule has 2 amide bonds. The maximum Gasteiger partial charge on any atom is 0.327 e. The van der Waals surface area contributed by atoms with Crippen LogP contribution in [0, 0.1) is 0 Å². The quantitative estimate of drug-likeness (QED) is 0.745. The number of aromatic nitrogens is 3. The van der Waals surface area contributed by atoms with E-state index in [-0.39, 0.29) is 5.95 Å². The van der Waals surface area contributed by atoms with Crippen LogP contribution in [0.2, 0.25) is 0 Å². The molecule has 2 heterocycles. The lowest BCUT2D eigenvalue weighted by molar-refractivity contribution is 0.261. The molecule has 0 unspecified atom stereocenters. The number of benzene rings is 1. The van der Waals surface area contributed by atoms with Crippen LogP contribution in [0.1, 0.15) is 0 Å². The van der Waals surface area contributed by atoms with Crippen LogP contribution in [0.25, 0.3) is 11.3 Å². The van der Waals surface area contributed by atoms with E-state index in [4.69, 9.17) is 4.52 Å². The molecule has 8 heteroatoms. The van der Waals surface area contributed by atoms with Gasteiger partial charge in [0, 0.05) is 24.0 Å². The van der Waals surface area contributed by atoms with Crippen LogP contribution in [0.3, 0.4) is 0 Å². The smallest absolute Gasteiger partial charge is 0.327 e. The molecule has 0 aliphatic carbocycles. The number of halogens is 1. The summed E-state index contributed by atoms with van der Waals surface area (Å²) in [6, 6.07) is 10.6. The van der Waals surface area contributed by atoms with Crippen molar-refractivity contribution in [3.8, 4) is 11.3 Å². The predicted octanol–water partition coefficient (Wildman–Crippen LogP) is 3.54. The van der Waals surface area contributed by atoms with E-state index in [9.17, 15) is 4.79 Å². The first kappa shape index (κ1) is 14.2. The standard InChI is InChI=1S/C14H10BrN5O2/c15-10-7-16-13(17-8-10)19-14(21)18-12-6-11(22-20-12)9-4-2-1-3-5-9/h1-8H,(H2,16,17,18,19,20,21). The number of urea groups is 1. The van der Waals surface area contributed by atoms with E-state index in [1.54, 1.807) is 6.07 Å². The van der Waals surface area contributed by atoms with Gasteiger partial charge in [0.25, 0.3) is 0 Å². The molecule has 22 heavy (non-hydrogen) atoms. The Morgan fingerprint density at radius 3 is 2.55 bits per heavy atom. The Kier molecular flexibility index (Phi) is 4.10. The molecule has 0 spiro atoms. The zero-order valence-electron chi connectivity index (χ0n) is 11.2. The van der Waals surface area contributed by atoms with Gasteiger partial charge in [-0.25, -0.2) is 14.8 Å². The van der Waals surface area contributed by atoms with Crippen LogP contribution in [0.4, 0.5) is 16.6 Å². The summed E-state index contributed by atoms with van der Waals surface area (Å²) in [7, 11) is 0. The molecule has 0 aliphatic rings. The van der Waals surface area contributed by atoms with Crippen LogP contribution >= 0.6 is 15.9 Å². The third-order valence-corrected chi connectivity index (χ3v) is 3.07. The normalized spacial score (nSPS) is 10.2. The zero-order chi connectivity index (χ0) is 15.4. The minimum Gasteiger partial charge on any atom is -0.354 e. The zero-order valence-corrected chi connectivity index (χ0v) is 12.7. The van der Waals surface area contributed by atoms with E-state index in [0.717, 1.165) is 10.0 Å². The molecule has 0 bridgehead atoms. The van der Waals surface area contributed by atoms with E-state index in [2.05, 4.69) is 41.7 Å². The average Bonchev–Trinajstić information content (AvgIpc) is 2.99. The minimum atomic E-state index is -0.504. The lowest BCUT2D eigenvalue weighted by Gasteiger charge is -2.02. The molecule has 2 aromatic heterocycles. The molecule has 3 aromatic rings. The maximum atomic E-state index is 11.8. The third kappa shape index (κ3) is 3.47. The van der Waals surface area contributed by atoms with Crippen molar-refractivity contribution in [3.05, 3.63) is 53.3 Å². The van der Waals surface area contributed by atoms with E-state index < -0.39 is 6.03 Å². The summed E-state index contributed by atoms with van der Waals surface area (Å²) >= 11 is 3.21. The Morgan fingerprint density at radius 1 is 1.09 bits per heavy atom. The second-order valence-electron chi connectivity index (χ2n) is 4.25. The van der Waals surface area contributed by atoms with Gasteiger partial charge < -0.3 is 4.52 Å². The highest BCUT2D eigenvalue weighted by atomic mass is 79.9. The highest BCUT2D eigenvalue weighted by molar-refractivity contribution is 9.10. The molecule has 0 fully saturated rings. The number of carbonyl (C=O) groups excluding carboxylic acids is 1. The van der Waals surface area contributed by atoms with Crippen molar-refractivity contribution in [1.29, 1.82) is 0 Å². The molecule has 0 saturated heterocycles. The van der Waals surface area contributed by atoms with Crippen molar-refractivity contribution in [1.82, 2.24) is 15.1 Å². The minimum absolute atomic E-state index is 0.187. The fraction of sp³-hybridized carbons (Fsp3) is 0. The Labute approximate surface area is 133 Å². The molecule has 2 N–H and O–H groups in total. The van der Waals surface area contributed by atoms with Crippen LogP contribution in [0.15, 0.2) is 57.8 Å². The molecule has 0 atom stereocenters. The highest BCUT2D eigenvalue weighted by Crippen LogP contribution is 2.21. The van der Waals surface area contributed by atoms with Gasteiger partial charge in [-0.3, -0.25) is 10.6 Å². The van der Waals surface area contributed by atoms with Crippen molar-refractivity contribution in [2.75, 3.05) is 10.6 Å². The Morgan fingerprint density at radius 2 is 1.82 bits per heavy atom. The number of hydrogen-bond donors (Lipinski definition) is 2. The molecular weight excluding hydrogens is 350 g/mol. The van der Waals surface area contributed by atoms with Gasteiger partial charge in [-0.1, -0.05) is 35.5 Å². The van der Waals surface area contributed by atoms with E-state index in [1.807, 2.05) is 30.3 Å². The van der Waals surface area contributed by atoms with Crippen LogP contribution < -0.4 is 10.6 Å². The first-order valence-corrected chi connectivity index (χ1v) is 7.08. The number of amides is 2. The van der Waals surface area contributed by atoms with Gasteiger partial charge >= 0.3 is 6.03 Å². The number of rotatable bonds is 3. The lowest BCUT2D eigenvalue weighted by Crippen LogP contribution is -2.20. The van der Waals surface area contributed by atoms with Gasteiger partial charge in [-0.2, -0.15) is 0 Å². The molecule has 7 nitrogen and oxygen atoms in total. The second kappa shape index (κ2) is 6.35. The fourth-order valence-corrected chi connectivity index (χ4v) is 1.90. The first-order chi connectivity index (χ1) is 10.7. The largest absolute Gasteiger partial charge is 0.354 e. The summed E-state index contributed by atoms with van der Waals surface area (Å²) < 4.78 is 5.91. The number of anilines is 2. The molecule has 1 aromatic carbocycles. The van der Waals surface area contributed by atoms with E-state index in [1.165, 1.54) is 12.4 Å². The summed E-state index contributed by atoms with van der Waals surface area (Å²) in [6.07, 6.45) is 3.07. The molecular formula is C14H10BrN5O2. The monoisotopic (exact) mass is 359 g/mol. The van der Waals surface area contributed by atoms with Crippen LogP contribution in [-0.2, 0) is 0 Å². The number of nitrogens with zero attached hydrogens (tertiary/aromatic N) is 3. The highest BCUT2D eigenvalue weighted by Gasteiger charge is 2.10. The Balaban J connectivity index is 1.65. The van der Waals surface area contributed by atoms with Crippen molar-refractivity contribution in [2.45, 2.75) is 0 Å². The summed E-state index contributed by atoms with van der Waals surface area (Å²) in [4.78, 5) is 19.7. The van der Waals surface area contributed by atoms with Crippen molar-refractivity contribution < 1.29 is 9.32 Å². The van der Waals surface area contributed by atoms with Gasteiger partial charge in [0.15, 0.2) is 11.6 Å². The van der Waals surface area contributed by atoms with Gasteiger partial charge in [0.2, 0.25) is 5.95 Å². The van der Waals surface area contributed by atoms with Gasteiger partial charge in [-0.15, -0.1) is 0 Å². The van der Waals surface area contributed by atoms with Gasteiger partial charge in [-0.05, 0) is 15.9 Å². The molecule has 3 rings (SSSR count). The van der Waals surface area contributed by atoms with Crippen LogP contribution in [-0.4, -0.2) is 21.2 Å². The first-order valence-electron chi connectivity index (χ1n) is 6.28. The van der Waals surface area contributed by atoms with Gasteiger partial charge in [0.1, 0.15) is 0 Å².